The lowest BCUT2D eigenvalue weighted by Crippen LogP contribution is -2.43. The van der Waals surface area contributed by atoms with Crippen molar-refractivity contribution < 1.29 is 0 Å². The lowest BCUT2D eigenvalue weighted by Gasteiger charge is -2.37. The van der Waals surface area contributed by atoms with E-state index in [-0.39, 0.29) is 0 Å². The third kappa shape index (κ3) is 2.04. The van der Waals surface area contributed by atoms with Gasteiger partial charge in [-0.2, -0.15) is 5.26 Å². The number of allylic oxidation sites excluding steroid dienone is 1. The number of hydrogen-bond donors (Lipinski definition) is 1. The molecule has 0 bridgehead atoms. The highest BCUT2D eigenvalue weighted by Gasteiger charge is 2.30. The number of nitrogens with one attached hydrogen (secondary N) is 1. The van der Waals surface area contributed by atoms with Crippen molar-refractivity contribution in [1.29, 1.82) is 5.26 Å². The minimum atomic E-state index is 0.461. The van der Waals surface area contributed by atoms with E-state index in [1.54, 1.807) is 6.20 Å². The van der Waals surface area contributed by atoms with Crippen LogP contribution in [0.4, 0.5) is 0 Å². The van der Waals surface area contributed by atoms with Gasteiger partial charge in [0.2, 0.25) is 0 Å². The fraction of sp³-hybridized carbons (Fsp3) is 0.467. The Morgan fingerprint density at radius 1 is 1.33 bits per heavy atom. The van der Waals surface area contributed by atoms with Crippen molar-refractivity contribution in [3.05, 3.63) is 35.7 Å². The van der Waals surface area contributed by atoms with Gasteiger partial charge in [-0.05, 0) is 55.3 Å². The zero-order valence-electron chi connectivity index (χ0n) is 10.4. The van der Waals surface area contributed by atoms with Gasteiger partial charge in [0.25, 0.3) is 0 Å². The highest BCUT2D eigenvalue weighted by molar-refractivity contribution is 5.71. The van der Waals surface area contributed by atoms with Crippen LogP contribution in [0, 0.1) is 17.2 Å². The molecule has 0 aromatic carbocycles. The fourth-order valence-corrected chi connectivity index (χ4v) is 3.17. The normalized spacial score (nSPS) is 26.9. The standard InChI is InChI=1S/C15H17N3/c16-8-11-7-13(10-17-9-11)14-5-1-3-12-4-2-6-18-15(12)14/h5,7,9-10,12,15,18H,1-4,6H2. The first-order valence-electron chi connectivity index (χ1n) is 6.67. The molecule has 1 aliphatic carbocycles. The summed E-state index contributed by atoms with van der Waals surface area (Å²) in [5.41, 5.74) is 3.10. The van der Waals surface area contributed by atoms with Gasteiger partial charge in [-0.15, -0.1) is 0 Å². The Labute approximate surface area is 108 Å². The molecule has 3 rings (SSSR count). The molecule has 0 radical (unpaired) electrons. The van der Waals surface area contributed by atoms with E-state index in [9.17, 15) is 0 Å². The molecule has 1 N–H and O–H groups in total. The van der Waals surface area contributed by atoms with Gasteiger partial charge in [-0.1, -0.05) is 6.08 Å². The zero-order valence-corrected chi connectivity index (χ0v) is 10.4. The third-order valence-electron chi connectivity index (χ3n) is 4.02. The van der Waals surface area contributed by atoms with Gasteiger partial charge in [0.05, 0.1) is 5.56 Å². The van der Waals surface area contributed by atoms with E-state index in [4.69, 9.17) is 5.26 Å². The minimum absolute atomic E-state index is 0.461. The van der Waals surface area contributed by atoms with E-state index in [2.05, 4.69) is 22.4 Å². The Kier molecular flexibility index (Phi) is 3.12. The first kappa shape index (κ1) is 11.4. The van der Waals surface area contributed by atoms with Crippen LogP contribution in [0.5, 0.6) is 0 Å². The molecule has 1 aromatic heterocycles. The molecule has 92 valence electrons. The van der Waals surface area contributed by atoms with Gasteiger partial charge in [-0.25, -0.2) is 0 Å². The fourth-order valence-electron chi connectivity index (χ4n) is 3.17. The number of piperidine rings is 1. The molecular formula is C15H17N3. The predicted molar refractivity (Wildman–Crippen MR) is 70.7 cm³/mol. The molecule has 2 atom stereocenters. The summed E-state index contributed by atoms with van der Waals surface area (Å²) < 4.78 is 0. The van der Waals surface area contributed by atoms with Gasteiger partial charge >= 0.3 is 0 Å². The van der Waals surface area contributed by atoms with Crippen LogP contribution in [0.3, 0.4) is 0 Å². The molecule has 1 saturated heterocycles. The number of pyridine rings is 1. The van der Waals surface area contributed by atoms with E-state index >= 15 is 0 Å². The SMILES string of the molecule is N#Cc1cncc(C2=CCCC3CCCNC23)c1. The van der Waals surface area contributed by atoms with E-state index < -0.39 is 0 Å². The molecule has 0 saturated carbocycles. The largest absolute Gasteiger partial charge is 0.310 e. The number of rotatable bonds is 1. The maximum Gasteiger partial charge on any atom is 0.101 e. The van der Waals surface area contributed by atoms with Crippen molar-refractivity contribution in [1.82, 2.24) is 10.3 Å². The van der Waals surface area contributed by atoms with Gasteiger partial charge in [-0.3, -0.25) is 4.98 Å². The van der Waals surface area contributed by atoms with Crippen LogP contribution < -0.4 is 5.32 Å². The molecule has 2 aliphatic rings. The second kappa shape index (κ2) is 4.91. The number of fused-ring (bicyclic) bond motifs is 1. The summed E-state index contributed by atoms with van der Waals surface area (Å²) >= 11 is 0. The van der Waals surface area contributed by atoms with E-state index in [0.29, 0.717) is 11.6 Å². The monoisotopic (exact) mass is 239 g/mol. The van der Waals surface area contributed by atoms with Gasteiger partial charge in [0.15, 0.2) is 0 Å². The second-order valence-electron chi connectivity index (χ2n) is 5.15. The molecule has 3 nitrogen and oxygen atoms in total. The summed E-state index contributed by atoms with van der Waals surface area (Å²) in [6.07, 6.45) is 10.9. The van der Waals surface area contributed by atoms with E-state index in [0.717, 1.165) is 24.4 Å². The van der Waals surface area contributed by atoms with E-state index in [1.165, 1.54) is 24.8 Å². The van der Waals surface area contributed by atoms with Crippen LogP contribution in [0.2, 0.25) is 0 Å². The quantitative estimate of drug-likeness (QED) is 0.819. The van der Waals surface area contributed by atoms with Crippen LogP contribution in [-0.4, -0.2) is 17.6 Å². The van der Waals surface area contributed by atoms with E-state index in [1.807, 2.05) is 12.3 Å². The molecule has 3 heteroatoms. The van der Waals surface area contributed by atoms with Gasteiger partial charge in [0, 0.05) is 18.4 Å². The highest BCUT2D eigenvalue weighted by atomic mass is 14.9. The molecule has 2 unspecified atom stereocenters. The topological polar surface area (TPSA) is 48.7 Å². The summed E-state index contributed by atoms with van der Waals surface area (Å²) in [6, 6.07) is 4.59. The smallest absolute Gasteiger partial charge is 0.101 e. The Morgan fingerprint density at radius 3 is 3.17 bits per heavy atom. The van der Waals surface area contributed by atoms with Crippen LogP contribution in [0.15, 0.2) is 24.5 Å². The van der Waals surface area contributed by atoms with Crippen LogP contribution in [0.1, 0.15) is 36.8 Å². The molecule has 2 heterocycles. The summed E-state index contributed by atoms with van der Waals surface area (Å²) in [7, 11) is 0. The lowest BCUT2D eigenvalue weighted by atomic mass is 9.77. The van der Waals surface area contributed by atoms with Crippen LogP contribution in [-0.2, 0) is 0 Å². The molecule has 0 spiro atoms. The molecular weight excluding hydrogens is 222 g/mol. The van der Waals surface area contributed by atoms with Gasteiger partial charge in [0.1, 0.15) is 6.07 Å². The number of nitriles is 1. The first-order valence-corrected chi connectivity index (χ1v) is 6.67. The lowest BCUT2D eigenvalue weighted by molar-refractivity contribution is 0.304. The third-order valence-corrected chi connectivity index (χ3v) is 4.02. The summed E-state index contributed by atoms with van der Waals surface area (Å²) in [5.74, 6) is 0.754. The maximum atomic E-state index is 8.97. The first-order chi connectivity index (χ1) is 8.88. The van der Waals surface area contributed by atoms with Crippen molar-refractivity contribution in [3.8, 4) is 6.07 Å². The number of nitrogens with zero attached hydrogens (tertiary/aromatic N) is 2. The Bertz CT molecular complexity index is 513. The van der Waals surface area contributed by atoms with Crippen molar-refractivity contribution in [2.24, 2.45) is 5.92 Å². The Morgan fingerprint density at radius 2 is 2.28 bits per heavy atom. The van der Waals surface area contributed by atoms with Gasteiger partial charge < -0.3 is 5.32 Å². The molecule has 1 fully saturated rings. The molecule has 0 amide bonds. The van der Waals surface area contributed by atoms with Crippen molar-refractivity contribution >= 4 is 5.57 Å². The number of hydrogen-bond acceptors (Lipinski definition) is 3. The molecule has 1 aliphatic heterocycles. The zero-order chi connectivity index (χ0) is 12.4. The summed E-state index contributed by atoms with van der Waals surface area (Å²) in [4.78, 5) is 4.18. The Hall–Kier alpha value is -1.66. The maximum absolute atomic E-state index is 8.97. The second-order valence-corrected chi connectivity index (χ2v) is 5.15. The minimum Gasteiger partial charge on any atom is -0.310 e. The van der Waals surface area contributed by atoms with Crippen molar-refractivity contribution in [2.75, 3.05) is 6.54 Å². The van der Waals surface area contributed by atoms with Crippen molar-refractivity contribution in [3.63, 3.8) is 0 Å². The highest BCUT2D eigenvalue weighted by Crippen LogP contribution is 2.35. The predicted octanol–water partition coefficient (Wildman–Crippen LogP) is 2.50. The Balaban J connectivity index is 1.94. The average molecular weight is 239 g/mol. The molecule has 18 heavy (non-hydrogen) atoms. The average Bonchev–Trinajstić information content (AvgIpc) is 2.47. The van der Waals surface area contributed by atoms with Crippen molar-refractivity contribution in [2.45, 2.75) is 31.7 Å². The summed E-state index contributed by atoms with van der Waals surface area (Å²) in [5, 5.41) is 12.6. The van der Waals surface area contributed by atoms with Crippen LogP contribution >= 0.6 is 0 Å². The van der Waals surface area contributed by atoms with Crippen LogP contribution in [0.25, 0.3) is 5.57 Å². The molecule has 1 aromatic rings. The summed E-state index contributed by atoms with van der Waals surface area (Å²) in [6.45, 7) is 1.10. The number of aromatic nitrogens is 1.